The molecule has 3 rings (SSSR count). The second kappa shape index (κ2) is 5.60. The minimum Gasteiger partial charge on any atom is -0.375 e. The van der Waals surface area contributed by atoms with Crippen LogP contribution in [0.5, 0.6) is 0 Å². The van der Waals surface area contributed by atoms with Crippen molar-refractivity contribution < 1.29 is 9.18 Å². The van der Waals surface area contributed by atoms with Gasteiger partial charge in [0.15, 0.2) is 0 Å². The molecule has 0 aliphatic rings. The number of imidazole rings is 1. The van der Waals surface area contributed by atoms with Gasteiger partial charge in [0.25, 0.3) is 5.91 Å². The van der Waals surface area contributed by atoms with Crippen LogP contribution in [0.2, 0.25) is 0 Å². The molecule has 0 aliphatic heterocycles. The van der Waals surface area contributed by atoms with E-state index < -0.39 is 11.7 Å². The van der Waals surface area contributed by atoms with Gasteiger partial charge in [0, 0.05) is 25.3 Å². The summed E-state index contributed by atoms with van der Waals surface area (Å²) in [4.78, 5) is 30.3. The smallest absolute Gasteiger partial charge is 0.323 e. The van der Waals surface area contributed by atoms with Crippen LogP contribution in [0.4, 0.5) is 15.8 Å². The van der Waals surface area contributed by atoms with Crippen LogP contribution in [0.1, 0.15) is 10.4 Å². The predicted octanol–water partition coefficient (Wildman–Crippen LogP) is 2.31. The Morgan fingerprint density at radius 3 is 2.52 bits per heavy atom. The summed E-state index contributed by atoms with van der Waals surface area (Å²) >= 11 is 0. The third-order valence-electron chi connectivity index (χ3n) is 3.47. The summed E-state index contributed by atoms with van der Waals surface area (Å²) in [5, 5.41) is 2.68. The Morgan fingerprint density at radius 2 is 1.83 bits per heavy atom. The lowest BCUT2D eigenvalue weighted by Crippen LogP contribution is -2.14. The highest BCUT2D eigenvalue weighted by Gasteiger charge is 2.11. The van der Waals surface area contributed by atoms with Crippen LogP contribution in [-0.2, 0) is 0 Å². The number of fused-ring (bicyclic) bond motifs is 1. The Balaban J connectivity index is 1.85. The number of nitrogens with one attached hydrogen (secondary N) is 3. The van der Waals surface area contributed by atoms with Gasteiger partial charge in [0.1, 0.15) is 5.82 Å². The highest BCUT2D eigenvalue weighted by atomic mass is 19.1. The summed E-state index contributed by atoms with van der Waals surface area (Å²) < 4.78 is 13.9. The second-order valence-corrected chi connectivity index (χ2v) is 5.35. The molecular weight excluding hydrogens is 299 g/mol. The SMILES string of the molecule is CN(C)c1ccc(C(=O)Nc2ccc3[nH]c(=O)[nH]c3c2)cc1F. The monoisotopic (exact) mass is 314 g/mol. The lowest BCUT2D eigenvalue weighted by Gasteiger charge is -2.14. The van der Waals surface area contributed by atoms with E-state index in [0.717, 1.165) is 0 Å². The van der Waals surface area contributed by atoms with E-state index in [0.29, 0.717) is 22.4 Å². The first-order valence-electron chi connectivity index (χ1n) is 6.94. The highest BCUT2D eigenvalue weighted by molar-refractivity contribution is 6.05. The van der Waals surface area contributed by atoms with Gasteiger partial charge in [-0.15, -0.1) is 0 Å². The van der Waals surface area contributed by atoms with Crippen LogP contribution >= 0.6 is 0 Å². The molecule has 3 N–H and O–H groups in total. The molecule has 0 bridgehead atoms. The molecule has 0 atom stereocenters. The number of aromatic amines is 2. The quantitative estimate of drug-likeness (QED) is 0.694. The fourth-order valence-electron chi connectivity index (χ4n) is 2.32. The number of carbonyl (C=O) groups excluding carboxylic acids is 1. The molecule has 0 unspecified atom stereocenters. The van der Waals surface area contributed by atoms with Crippen molar-refractivity contribution in [3.05, 3.63) is 58.3 Å². The summed E-state index contributed by atoms with van der Waals surface area (Å²) in [5.74, 6) is -0.889. The van der Waals surface area contributed by atoms with E-state index >= 15 is 0 Å². The molecule has 3 aromatic rings. The molecule has 118 valence electrons. The molecule has 0 fully saturated rings. The van der Waals surface area contributed by atoms with E-state index in [2.05, 4.69) is 15.3 Å². The third-order valence-corrected chi connectivity index (χ3v) is 3.47. The standard InChI is InChI=1S/C16H15FN4O2/c1-21(2)14-6-3-9(7-11(14)17)15(22)18-10-4-5-12-13(8-10)20-16(23)19-12/h3-8H,1-2H3,(H,18,22)(H2,19,20,23). The van der Waals surface area contributed by atoms with E-state index in [1.807, 2.05) is 0 Å². The lowest BCUT2D eigenvalue weighted by atomic mass is 10.1. The number of nitrogens with zero attached hydrogens (tertiary/aromatic N) is 1. The average Bonchev–Trinajstić information content (AvgIpc) is 2.86. The Morgan fingerprint density at radius 1 is 1.09 bits per heavy atom. The van der Waals surface area contributed by atoms with Gasteiger partial charge in [-0.3, -0.25) is 4.79 Å². The molecule has 0 radical (unpaired) electrons. The fraction of sp³-hybridized carbons (Fsp3) is 0.125. The highest BCUT2D eigenvalue weighted by Crippen LogP contribution is 2.20. The summed E-state index contributed by atoms with van der Waals surface area (Å²) in [6.07, 6.45) is 0. The number of rotatable bonds is 3. The molecule has 23 heavy (non-hydrogen) atoms. The van der Waals surface area contributed by atoms with E-state index in [-0.39, 0.29) is 11.3 Å². The minimum atomic E-state index is -0.465. The molecule has 0 aliphatic carbocycles. The predicted molar refractivity (Wildman–Crippen MR) is 87.6 cm³/mol. The van der Waals surface area contributed by atoms with Crippen molar-refractivity contribution in [1.82, 2.24) is 9.97 Å². The molecule has 0 saturated heterocycles. The lowest BCUT2D eigenvalue weighted by molar-refractivity contribution is 0.102. The molecule has 1 aromatic heterocycles. The van der Waals surface area contributed by atoms with E-state index in [1.54, 1.807) is 49.3 Å². The second-order valence-electron chi connectivity index (χ2n) is 5.35. The van der Waals surface area contributed by atoms with Crippen LogP contribution in [0, 0.1) is 5.82 Å². The zero-order chi connectivity index (χ0) is 16.6. The molecule has 2 aromatic carbocycles. The van der Waals surface area contributed by atoms with Crippen LogP contribution in [-0.4, -0.2) is 30.0 Å². The zero-order valence-electron chi connectivity index (χ0n) is 12.6. The Kier molecular flexibility index (Phi) is 3.61. The van der Waals surface area contributed by atoms with E-state index in [1.165, 1.54) is 6.07 Å². The number of benzene rings is 2. The van der Waals surface area contributed by atoms with Gasteiger partial charge in [0.2, 0.25) is 0 Å². The van der Waals surface area contributed by atoms with E-state index in [9.17, 15) is 14.0 Å². The van der Waals surface area contributed by atoms with Gasteiger partial charge in [-0.25, -0.2) is 9.18 Å². The molecule has 0 spiro atoms. The van der Waals surface area contributed by atoms with Crippen molar-refractivity contribution in [2.24, 2.45) is 0 Å². The van der Waals surface area contributed by atoms with Crippen LogP contribution in [0.15, 0.2) is 41.2 Å². The maximum absolute atomic E-state index is 13.9. The first-order chi connectivity index (χ1) is 10.9. The number of aromatic nitrogens is 2. The van der Waals surface area contributed by atoms with Crippen molar-refractivity contribution in [3.63, 3.8) is 0 Å². The van der Waals surface area contributed by atoms with E-state index in [4.69, 9.17) is 0 Å². The first kappa shape index (κ1) is 14.8. The van der Waals surface area contributed by atoms with Crippen LogP contribution < -0.4 is 15.9 Å². The number of H-pyrrole nitrogens is 2. The van der Waals surface area contributed by atoms with Crippen LogP contribution in [0.25, 0.3) is 11.0 Å². The third kappa shape index (κ3) is 2.94. The van der Waals surface area contributed by atoms with Gasteiger partial charge in [0.05, 0.1) is 16.7 Å². The summed E-state index contributed by atoms with van der Waals surface area (Å²) in [7, 11) is 3.45. The number of anilines is 2. The van der Waals surface area contributed by atoms with Crippen molar-refractivity contribution in [3.8, 4) is 0 Å². The molecule has 1 heterocycles. The van der Waals surface area contributed by atoms with Crippen molar-refractivity contribution in [2.75, 3.05) is 24.3 Å². The Hall–Kier alpha value is -3.09. The van der Waals surface area contributed by atoms with Gasteiger partial charge in [-0.2, -0.15) is 0 Å². The summed E-state index contributed by atoms with van der Waals surface area (Å²) in [5.41, 5.74) is 2.06. The van der Waals surface area contributed by atoms with Crippen molar-refractivity contribution in [2.45, 2.75) is 0 Å². The number of amides is 1. The zero-order valence-corrected chi connectivity index (χ0v) is 12.6. The summed E-state index contributed by atoms with van der Waals surface area (Å²) in [6, 6.07) is 9.28. The molecule has 1 amide bonds. The maximum Gasteiger partial charge on any atom is 0.323 e. The number of halogens is 1. The minimum absolute atomic E-state index is 0.218. The number of hydrogen-bond donors (Lipinski definition) is 3. The number of hydrogen-bond acceptors (Lipinski definition) is 3. The van der Waals surface area contributed by atoms with Crippen molar-refractivity contribution in [1.29, 1.82) is 0 Å². The van der Waals surface area contributed by atoms with Gasteiger partial charge >= 0.3 is 5.69 Å². The molecule has 0 saturated carbocycles. The van der Waals surface area contributed by atoms with Crippen molar-refractivity contribution >= 4 is 28.3 Å². The fourth-order valence-corrected chi connectivity index (χ4v) is 2.32. The molecular formula is C16H15FN4O2. The maximum atomic E-state index is 13.9. The average molecular weight is 314 g/mol. The van der Waals surface area contributed by atoms with Gasteiger partial charge in [-0.05, 0) is 36.4 Å². The Labute approximate surface area is 130 Å². The largest absolute Gasteiger partial charge is 0.375 e. The molecule has 6 nitrogen and oxygen atoms in total. The summed E-state index contributed by atoms with van der Waals surface area (Å²) in [6.45, 7) is 0. The molecule has 7 heteroatoms. The van der Waals surface area contributed by atoms with Gasteiger partial charge < -0.3 is 20.2 Å². The number of carbonyl (C=O) groups is 1. The normalized spacial score (nSPS) is 10.7. The first-order valence-corrected chi connectivity index (χ1v) is 6.94. The van der Waals surface area contributed by atoms with Crippen LogP contribution in [0.3, 0.4) is 0 Å². The Bertz CT molecular complexity index is 943. The van der Waals surface area contributed by atoms with Gasteiger partial charge in [-0.1, -0.05) is 0 Å². The topological polar surface area (TPSA) is 81.0 Å².